The minimum atomic E-state index is -0.992. The van der Waals surface area contributed by atoms with Gasteiger partial charge in [0.05, 0.1) is 6.04 Å². The van der Waals surface area contributed by atoms with Crippen molar-refractivity contribution in [2.45, 2.75) is 32.9 Å². The highest BCUT2D eigenvalue weighted by Crippen LogP contribution is 2.37. The van der Waals surface area contributed by atoms with E-state index in [1.54, 1.807) is 11.0 Å². The number of hydrogen-bond acceptors (Lipinski definition) is 4. The zero-order valence-corrected chi connectivity index (χ0v) is 20.7. The minimum Gasteiger partial charge on any atom is -0.508 e. The van der Waals surface area contributed by atoms with Crippen LogP contribution in [0.5, 0.6) is 11.5 Å². The molecule has 8 heteroatoms. The molecule has 0 aliphatic carbocycles. The van der Waals surface area contributed by atoms with Gasteiger partial charge in [-0.3, -0.25) is 4.79 Å². The number of carbonyl (C=O) groups excluding carboxylic acids is 2. The summed E-state index contributed by atoms with van der Waals surface area (Å²) in [5, 5.41) is 12.1. The molecule has 37 heavy (non-hydrogen) atoms. The Morgan fingerprint density at radius 1 is 1.03 bits per heavy atom. The smallest absolute Gasteiger partial charge is 0.413 e. The normalized spacial score (nSPS) is 16.2. The second-order valence-corrected chi connectivity index (χ2v) is 9.96. The molecule has 1 aliphatic rings. The van der Waals surface area contributed by atoms with Gasteiger partial charge in [0, 0.05) is 12.1 Å². The Labute approximate surface area is 214 Å². The molecule has 0 radical (unpaired) electrons. The van der Waals surface area contributed by atoms with Crippen molar-refractivity contribution in [3.63, 3.8) is 0 Å². The number of halogens is 2. The summed E-state index contributed by atoms with van der Waals surface area (Å²) >= 11 is 0. The van der Waals surface area contributed by atoms with E-state index in [1.165, 1.54) is 24.3 Å². The van der Waals surface area contributed by atoms with E-state index < -0.39 is 41.1 Å². The number of carbonyl (C=O) groups is 2. The molecule has 0 saturated carbocycles. The molecule has 1 aliphatic heterocycles. The van der Waals surface area contributed by atoms with Crippen molar-refractivity contribution in [3.05, 3.63) is 102 Å². The van der Waals surface area contributed by atoms with E-state index in [9.17, 15) is 23.5 Å². The first-order valence-electron chi connectivity index (χ1n) is 11.8. The van der Waals surface area contributed by atoms with Gasteiger partial charge in [0.15, 0.2) is 0 Å². The lowest BCUT2D eigenvalue weighted by Crippen LogP contribution is -2.55. The Morgan fingerprint density at radius 2 is 1.70 bits per heavy atom. The third kappa shape index (κ3) is 5.97. The summed E-state index contributed by atoms with van der Waals surface area (Å²) in [5.74, 6) is -1.34. The molecule has 0 saturated heterocycles. The van der Waals surface area contributed by atoms with E-state index in [0.717, 1.165) is 23.8 Å². The van der Waals surface area contributed by atoms with Gasteiger partial charge in [-0.15, -0.1) is 0 Å². The van der Waals surface area contributed by atoms with Gasteiger partial charge in [0.1, 0.15) is 29.2 Å². The highest BCUT2D eigenvalue weighted by atomic mass is 19.1. The predicted molar refractivity (Wildman–Crippen MR) is 136 cm³/mol. The summed E-state index contributed by atoms with van der Waals surface area (Å²) in [4.78, 5) is 28.2. The summed E-state index contributed by atoms with van der Waals surface area (Å²) in [5.41, 5.74) is 0.642. The minimum absolute atomic E-state index is 0.0227. The fourth-order valence-corrected chi connectivity index (χ4v) is 4.26. The fraction of sp³-hybridized carbons (Fsp3) is 0.241. The van der Waals surface area contributed by atoms with Gasteiger partial charge in [-0.05, 0) is 59.0 Å². The van der Waals surface area contributed by atoms with Crippen molar-refractivity contribution < 1.29 is 28.2 Å². The molecule has 0 spiro atoms. The van der Waals surface area contributed by atoms with Crippen molar-refractivity contribution in [1.82, 2.24) is 10.2 Å². The molecular weight excluding hydrogens is 478 g/mol. The number of rotatable bonds is 5. The number of phenolic OH excluding ortho intramolecular Hbond substituents is 1. The first-order chi connectivity index (χ1) is 17.5. The molecule has 4 rings (SSSR count). The first kappa shape index (κ1) is 25.9. The van der Waals surface area contributed by atoms with E-state index in [1.807, 2.05) is 51.1 Å². The molecule has 0 aromatic heterocycles. The molecule has 3 aromatic rings. The molecule has 3 aromatic carbocycles. The maximum Gasteiger partial charge on any atom is 0.413 e. The quantitative estimate of drug-likeness (QED) is 0.456. The SMILES string of the molecule is CC(C)(C)[C@H](NC(=O)Oc1ccc(O)cc1)C(=O)N1CC(c2cc(F)ccc2F)=C[C@H]1c1ccccc1. The van der Waals surface area contributed by atoms with Crippen LogP contribution in [-0.2, 0) is 4.79 Å². The van der Waals surface area contributed by atoms with E-state index in [-0.39, 0.29) is 23.6 Å². The summed E-state index contributed by atoms with van der Waals surface area (Å²) in [6.45, 7) is 5.46. The monoisotopic (exact) mass is 506 g/mol. The molecule has 0 bridgehead atoms. The number of ether oxygens (including phenoxy) is 1. The summed E-state index contributed by atoms with van der Waals surface area (Å²) in [7, 11) is 0. The van der Waals surface area contributed by atoms with E-state index in [2.05, 4.69) is 5.32 Å². The van der Waals surface area contributed by atoms with Crippen molar-refractivity contribution in [2.75, 3.05) is 6.54 Å². The van der Waals surface area contributed by atoms with E-state index >= 15 is 0 Å². The lowest BCUT2D eigenvalue weighted by atomic mass is 9.85. The Morgan fingerprint density at radius 3 is 2.35 bits per heavy atom. The number of aromatic hydroxyl groups is 1. The number of phenols is 1. The average Bonchev–Trinajstić information content (AvgIpc) is 3.30. The third-order valence-corrected chi connectivity index (χ3v) is 6.16. The van der Waals surface area contributed by atoms with Crippen LogP contribution < -0.4 is 10.1 Å². The van der Waals surface area contributed by atoms with Crippen molar-refractivity contribution in [2.24, 2.45) is 5.41 Å². The zero-order valence-electron chi connectivity index (χ0n) is 20.7. The Bertz CT molecular complexity index is 1320. The molecule has 2 atom stereocenters. The second-order valence-electron chi connectivity index (χ2n) is 9.96. The molecule has 0 fully saturated rings. The lowest BCUT2D eigenvalue weighted by Gasteiger charge is -2.35. The highest BCUT2D eigenvalue weighted by Gasteiger charge is 2.41. The largest absolute Gasteiger partial charge is 0.508 e. The highest BCUT2D eigenvalue weighted by molar-refractivity contribution is 5.90. The van der Waals surface area contributed by atoms with Gasteiger partial charge in [-0.2, -0.15) is 0 Å². The third-order valence-electron chi connectivity index (χ3n) is 6.16. The van der Waals surface area contributed by atoms with Crippen LogP contribution in [0, 0.1) is 17.0 Å². The Kier molecular flexibility index (Phi) is 7.29. The molecule has 2 amide bonds. The average molecular weight is 507 g/mol. The molecule has 0 unspecified atom stereocenters. The van der Waals surface area contributed by atoms with Crippen LogP contribution >= 0.6 is 0 Å². The van der Waals surface area contributed by atoms with E-state index in [4.69, 9.17) is 4.74 Å². The summed E-state index contributed by atoms with van der Waals surface area (Å²) in [6, 6.07) is 16.5. The van der Waals surface area contributed by atoms with Crippen molar-refractivity contribution in [1.29, 1.82) is 0 Å². The van der Waals surface area contributed by atoms with Gasteiger partial charge < -0.3 is 20.1 Å². The van der Waals surface area contributed by atoms with Crippen LogP contribution in [0.4, 0.5) is 13.6 Å². The molecule has 6 nitrogen and oxygen atoms in total. The van der Waals surface area contributed by atoms with Gasteiger partial charge in [-0.25, -0.2) is 13.6 Å². The predicted octanol–water partition coefficient (Wildman–Crippen LogP) is 5.84. The van der Waals surface area contributed by atoms with Gasteiger partial charge in [0.2, 0.25) is 5.91 Å². The maximum atomic E-state index is 14.6. The van der Waals surface area contributed by atoms with Crippen molar-refractivity contribution >= 4 is 17.6 Å². The zero-order chi connectivity index (χ0) is 26.7. The van der Waals surface area contributed by atoms with Crippen LogP contribution in [0.25, 0.3) is 5.57 Å². The lowest BCUT2D eigenvalue weighted by molar-refractivity contribution is -0.136. The molecule has 192 valence electrons. The Balaban J connectivity index is 1.63. The van der Waals surface area contributed by atoms with Crippen LogP contribution in [0.3, 0.4) is 0 Å². The standard InChI is InChI=1S/C29H28F2N2O4/c1-29(2,3)26(32-28(36)37-22-12-10-21(34)11-13-22)27(35)33-17-19(23-16-20(30)9-14-24(23)31)15-25(33)18-7-5-4-6-8-18/h4-16,25-26,34H,17H2,1-3H3,(H,32,36)/t25-,26+/m0/s1. The Hall–Kier alpha value is -4.20. The molecular formula is C29H28F2N2O4. The van der Waals surface area contributed by atoms with Crippen LogP contribution in [0.15, 0.2) is 78.9 Å². The van der Waals surface area contributed by atoms with Crippen LogP contribution in [0.1, 0.15) is 37.9 Å². The summed E-state index contributed by atoms with van der Waals surface area (Å²) in [6.07, 6.45) is 0.915. The van der Waals surface area contributed by atoms with Crippen molar-refractivity contribution in [3.8, 4) is 11.5 Å². The van der Waals surface area contributed by atoms with Crippen LogP contribution in [-0.4, -0.2) is 34.6 Å². The molecule has 1 heterocycles. The number of benzene rings is 3. The number of hydrogen-bond donors (Lipinski definition) is 2. The first-order valence-corrected chi connectivity index (χ1v) is 11.8. The maximum absolute atomic E-state index is 14.6. The number of nitrogens with zero attached hydrogens (tertiary/aromatic N) is 1. The molecule has 2 N–H and O–H groups in total. The fourth-order valence-electron chi connectivity index (χ4n) is 4.26. The summed E-state index contributed by atoms with van der Waals surface area (Å²) < 4.78 is 33.9. The number of nitrogens with one attached hydrogen (secondary N) is 1. The number of amides is 2. The van der Waals surface area contributed by atoms with E-state index in [0.29, 0.717) is 5.57 Å². The van der Waals surface area contributed by atoms with Crippen LogP contribution in [0.2, 0.25) is 0 Å². The van der Waals surface area contributed by atoms with Gasteiger partial charge in [0.25, 0.3) is 0 Å². The van der Waals surface area contributed by atoms with Gasteiger partial charge in [-0.1, -0.05) is 57.2 Å². The van der Waals surface area contributed by atoms with Gasteiger partial charge >= 0.3 is 6.09 Å². The topological polar surface area (TPSA) is 78.9 Å². The second kappa shape index (κ2) is 10.4.